The van der Waals surface area contributed by atoms with Gasteiger partial charge in [0.05, 0.1) is 0 Å². The van der Waals surface area contributed by atoms with Crippen LogP contribution in [0.1, 0.15) is 53.4 Å². The summed E-state index contributed by atoms with van der Waals surface area (Å²) in [5, 5.41) is 0. The molecule has 2 unspecified atom stereocenters. The molecule has 0 bridgehead atoms. The van der Waals surface area contributed by atoms with Crippen molar-refractivity contribution in [3.8, 4) is 0 Å². The Kier molecular flexibility index (Phi) is 8.40. The molecule has 7 nitrogen and oxygen atoms in total. The first kappa shape index (κ1) is 18.9. The maximum atomic E-state index is 12.0. The Morgan fingerprint density at radius 3 is 2.10 bits per heavy atom. The Morgan fingerprint density at radius 2 is 1.70 bits per heavy atom. The van der Waals surface area contributed by atoms with Crippen LogP contribution in [0.25, 0.3) is 0 Å². The molecule has 0 radical (unpaired) electrons. The van der Waals surface area contributed by atoms with E-state index in [1.165, 1.54) is 0 Å². The Labute approximate surface area is 119 Å². The lowest BCUT2D eigenvalue weighted by molar-refractivity contribution is -0.210. The normalized spacial score (nSPS) is 14.4. The Morgan fingerprint density at radius 1 is 1.10 bits per heavy atom. The highest BCUT2D eigenvalue weighted by molar-refractivity contribution is 7.87. The number of ether oxygens (including phenoxy) is 1. The quantitative estimate of drug-likeness (QED) is 0.364. The van der Waals surface area contributed by atoms with Crippen molar-refractivity contribution in [2.45, 2.75) is 58.8 Å². The molecule has 0 saturated heterocycles. The fourth-order valence-electron chi connectivity index (χ4n) is 1.69. The van der Waals surface area contributed by atoms with Crippen LogP contribution in [0.3, 0.4) is 0 Å². The Hall–Kier alpha value is -1.15. The highest BCUT2D eigenvalue weighted by Gasteiger charge is 2.37. The monoisotopic (exact) mass is 310 g/mol. The number of esters is 1. The number of carbonyl (C=O) groups is 2. The van der Waals surface area contributed by atoms with E-state index in [1.54, 1.807) is 6.92 Å². The Balaban J connectivity index is 5.09. The van der Waals surface area contributed by atoms with Crippen LogP contribution in [0.2, 0.25) is 0 Å². The van der Waals surface area contributed by atoms with Gasteiger partial charge in [-0.15, -0.1) is 0 Å². The van der Waals surface area contributed by atoms with Crippen molar-refractivity contribution in [3.05, 3.63) is 0 Å². The molecule has 8 heteroatoms. The van der Waals surface area contributed by atoms with Crippen molar-refractivity contribution in [1.82, 2.24) is 0 Å². The molecule has 0 aromatic carbocycles. The molecule has 0 rings (SSSR count). The van der Waals surface area contributed by atoms with E-state index in [9.17, 15) is 18.0 Å². The molecule has 0 aromatic heterocycles. The predicted octanol–water partition coefficient (Wildman–Crippen LogP) is 1.92. The zero-order valence-corrected chi connectivity index (χ0v) is 13.1. The van der Waals surface area contributed by atoms with E-state index >= 15 is 0 Å². The second-order valence-electron chi connectivity index (χ2n) is 4.42. The molecule has 0 fully saturated rings. The topological polar surface area (TPSA) is 96.0 Å². The van der Waals surface area contributed by atoms with Gasteiger partial charge in [0.2, 0.25) is 5.44 Å². The van der Waals surface area contributed by atoms with E-state index in [0.29, 0.717) is 12.8 Å². The van der Waals surface area contributed by atoms with E-state index in [0.717, 1.165) is 26.7 Å². The SMILES string of the molecule is CCCCC(CC)C(OC(C)=O)S(=O)(=O)OOC(C)=O. The van der Waals surface area contributed by atoms with Crippen LogP contribution >= 0.6 is 0 Å². The first-order valence-electron chi connectivity index (χ1n) is 6.52. The lowest BCUT2D eigenvalue weighted by Gasteiger charge is -2.24. The number of hydrogen-bond donors (Lipinski definition) is 0. The van der Waals surface area contributed by atoms with Gasteiger partial charge < -0.3 is 4.74 Å². The fourth-order valence-corrected chi connectivity index (χ4v) is 3.01. The second-order valence-corrected chi connectivity index (χ2v) is 6.01. The third-order valence-electron chi connectivity index (χ3n) is 2.65. The molecule has 0 spiro atoms. The lowest BCUT2D eigenvalue weighted by atomic mass is 10.0. The van der Waals surface area contributed by atoms with Crippen molar-refractivity contribution in [1.29, 1.82) is 0 Å². The van der Waals surface area contributed by atoms with Gasteiger partial charge >= 0.3 is 22.1 Å². The summed E-state index contributed by atoms with van der Waals surface area (Å²) in [5.74, 6) is -2.06. The van der Waals surface area contributed by atoms with Gasteiger partial charge in [0.1, 0.15) is 0 Å². The van der Waals surface area contributed by atoms with E-state index < -0.39 is 33.4 Å². The third-order valence-corrected chi connectivity index (χ3v) is 3.96. The average Bonchev–Trinajstić information content (AvgIpc) is 2.35. The summed E-state index contributed by atoms with van der Waals surface area (Å²) in [6.07, 6.45) is 2.72. The molecular formula is C12H22O7S. The summed E-state index contributed by atoms with van der Waals surface area (Å²) in [5.41, 5.74) is -1.48. The van der Waals surface area contributed by atoms with Gasteiger partial charge in [-0.3, -0.25) is 9.68 Å². The van der Waals surface area contributed by atoms with E-state index in [4.69, 9.17) is 4.74 Å². The van der Waals surface area contributed by atoms with Gasteiger partial charge in [-0.05, 0) is 17.2 Å². The maximum absolute atomic E-state index is 12.0. The average molecular weight is 310 g/mol. The summed E-state index contributed by atoms with van der Waals surface area (Å²) in [7, 11) is -4.34. The van der Waals surface area contributed by atoms with Crippen LogP contribution in [0.4, 0.5) is 0 Å². The molecular weight excluding hydrogens is 288 g/mol. The molecule has 0 N–H and O–H groups in total. The molecule has 0 aliphatic rings. The van der Waals surface area contributed by atoms with E-state index in [-0.39, 0.29) is 0 Å². The van der Waals surface area contributed by atoms with Gasteiger partial charge in [-0.25, -0.2) is 4.79 Å². The zero-order valence-electron chi connectivity index (χ0n) is 12.2. The molecule has 0 heterocycles. The van der Waals surface area contributed by atoms with Gasteiger partial charge in [0.25, 0.3) is 0 Å². The van der Waals surface area contributed by atoms with Crippen LogP contribution in [-0.2, 0) is 33.7 Å². The minimum Gasteiger partial charge on any atom is -0.443 e. The second kappa shape index (κ2) is 8.91. The summed E-state index contributed by atoms with van der Waals surface area (Å²) < 4.78 is 32.9. The molecule has 2 atom stereocenters. The largest absolute Gasteiger partial charge is 0.443 e. The number of unbranched alkanes of at least 4 members (excludes halogenated alkanes) is 1. The van der Waals surface area contributed by atoms with Gasteiger partial charge in [-0.1, -0.05) is 26.7 Å². The maximum Gasteiger partial charge on any atom is 0.341 e. The van der Waals surface area contributed by atoms with Crippen LogP contribution in [0, 0.1) is 5.92 Å². The van der Waals surface area contributed by atoms with Crippen molar-refractivity contribution < 1.29 is 32.0 Å². The smallest absolute Gasteiger partial charge is 0.341 e. The predicted molar refractivity (Wildman–Crippen MR) is 70.6 cm³/mol. The number of hydrogen-bond acceptors (Lipinski definition) is 7. The van der Waals surface area contributed by atoms with Crippen LogP contribution in [-0.4, -0.2) is 25.8 Å². The summed E-state index contributed by atoms with van der Waals surface area (Å²) in [4.78, 5) is 25.8. The summed E-state index contributed by atoms with van der Waals surface area (Å²) in [6.45, 7) is 5.88. The highest BCUT2D eigenvalue weighted by atomic mass is 32.2. The molecule has 118 valence electrons. The minimum atomic E-state index is -4.34. The standard InChI is InChI=1S/C12H22O7S/c1-5-7-8-11(6-2)12(17-9(3)13)20(15,16)19-18-10(4)14/h11-12H,5-8H2,1-4H3. The fraction of sp³-hybridized carbons (Fsp3) is 0.833. The van der Waals surface area contributed by atoms with Crippen LogP contribution < -0.4 is 0 Å². The van der Waals surface area contributed by atoms with E-state index in [1.807, 2.05) is 6.92 Å². The van der Waals surface area contributed by atoms with Crippen LogP contribution in [0.15, 0.2) is 0 Å². The first-order chi connectivity index (χ1) is 9.24. The molecule has 20 heavy (non-hydrogen) atoms. The molecule has 0 aromatic rings. The first-order valence-corrected chi connectivity index (χ1v) is 7.99. The zero-order chi connectivity index (χ0) is 15.8. The van der Waals surface area contributed by atoms with Crippen LogP contribution in [0.5, 0.6) is 0 Å². The van der Waals surface area contributed by atoms with Gasteiger partial charge in [0.15, 0.2) is 0 Å². The Bertz CT molecular complexity index is 416. The third kappa shape index (κ3) is 6.85. The molecule has 0 aliphatic carbocycles. The summed E-state index contributed by atoms with van der Waals surface area (Å²) in [6, 6.07) is 0. The van der Waals surface area contributed by atoms with Gasteiger partial charge in [-0.2, -0.15) is 8.42 Å². The molecule has 0 saturated carbocycles. The minimum absolute atomic E-state index is 0.417. The number of rotatable bonds is 9. The van der Waals surface area contributed by atoms with Gasteiger partial charge in [0, 0.05) is 19.8 Å². The van der Waals surface area contributed by atoms with Crippen molar-refractivity contribution >= 4 is 22.1 Å². The van der Waals surface area contributed by atoms with Crippen molar-refractivity contribution in [2.75, 3.05) is 0 Å². The highest BCUT2D eigenvalue weighted by Crippen LogP contribution is 2.25. The molecule has 0 aliphatic heterocycles. The lowest BCUT2D eigenvalue weighted by Crippen LogP contribution is -2.35. The number of carbonyl (C=O) groups excluding carboxylic acids is 2. The molecule has 0 amide bonds. The van der Waals surface area contributed by atoms with Crippen molar-refractivity contribution in [3.63, 3.8) is 0 Å². The summed E-state index contributed by atoms with van der Waals surface area (Å²) >= 11 is 0. The van der Waals surface area contributed by atoms with E-state index in [2.05, 4.69) is 9.22 Å². The van der Waals surface area contributed by atoms with Crippen molar-refractivity contribution in [2.24, 2.45) is 5.92 Å².